The van der Waals surface area contributed by atoms with Crippen LogP contribution in [0.4, 0.5) is 4.79 Å². The molecule has 0 spiro atoms. The summed E-state index contributed by atoms with van der Waals surface area (Å²) < 4.78 is 0. The normalized spacial score (nSPS) is 12.3. The predicted octanol–water partition coefficient (Wildman–Crippen LogP) is -0.631. The third-order valence-corrected chi connectivity index (χ3v) is 2.22. The fraction of sp³-hybridized carbons (Fsp3) is 0.750. The maximum atomic E-state index is 11.6. The molecule has 3 amide bonds. The second-order valence-electron chi connectivity index (χ2n) is 3.21. The van der Waals surface area contributed by atoms with Gasteiger partial charge in [-0.1, -0.05) is 0 Å². The van der Waals surface area contributed by atoms with Crippen molar-refractivity contribution >= 4 is 23.7 Å². The Morgan fingerprint density at radius 1 is 1.47 bits per heavy atom. The number of rotatable bonds is 6. The molecule has 0 saturated carbocycles. The van der Waals surface area contributed by atoms with Crippen LogP contribution in [-0.4, -0.2) is 49.1 Å². The standard InChI is InChI=1S/C8H18N4O2S/c1-12(2)11-7(13)6(4-5-15-3)10-8(9)14/h6H,4-5H2,1-3H3,(H,11,13)(H3,9,10,14)/t6-/m0/s1. The van der Waals surface area contributed by atoms with Gasteiger partial charge < -0.3 is 11.1 Å². The Morgan fingerprint density at radius 2 is 2.07 bits per heavy atom. The molecule has 88 valence electrons. The lowest BCUT2D eigenvalue weighted by Gasteiger charge is -2.19. The van der Waals surface area contributed by atoms with E-state index in [2.05, 4.69) is 10.7 Å². The molecule has 0 unspecified atom stereocenters. The molecule has 0 aromatic rings. The molecule has 0 aliphatic rings. The number of hydrogen-bond donors (Lipinski definition) is 3. The Balaban J connectivity index is 4.20. The highest BCUT2D eigenvalue weighted by Crippen LogP contribution is 2.00. The number of nitrogens with zero attached hydrogens (tertiary/aromatic N) is 1. The molecular weight excluding hydrogens is 216 g/mol. The summed E-state index contributed by atoms with van der Waals surface area (Å²) in [5.41, 5.74) is 7.56. The topological polar surface area (TPSA) is 87.5 Å². The molecule has 0 aliphatic heterocycles. The molecule has 0 saturated heterocycles. The number of urea groups is 1. The Morgan fingerprint density at radius 3 is 2.47 bits per heavy atom. The van der Waals surface area contributed by atoms with Gasteiger partial charge in [-0.15, -0.1) is 0 Å². The summed E-state index contributed by atoms with van der Waals surface area (Å²) in [6.07, 6.45) is 2.49. The number of amides is 3. The molecule has 0 radical (unpaired) electrons. The van der Waals surface area contributed by atoms with Crippen LogP contribution in [0.1, 0.15) is 6.42 Å². The van der Waals surface area contributed by atoms with Gasteiger partial charge in [0.1, 0.15) is 6.04 Å². The van der Waals surface area contributed by atoms with Gasteiger partial charge in [0.15, 0.2) is 0 Å². The number of primary amides is 1. The molecule has 15 heavy (non-hydrogen) atoms. The lowest BCUT2D eigenvalue weighted by molar-refractivity contribution is -0.126. The first-order chi connectivity index (χ1) is 6.97. The van der Waals surface area contributed by atoms with E-state index in [1.54, 1.807) is 25.9 Å². The molecule has 0 rings (SSSR count). The molecule has 0 heterocycles. The highest BCUT2D eigenvalue weighted by atomic mass is 32.2. The molecule has 1 atom stereocenters. The lowest BCUT2D eigenvalue weighted by atomic mass is 10.2. The summed E-state index contributed by atoms with van der Waals surface area (Å²) in [5.74, 6) is 0.527. The van der Waals surface area contributed by atoms with Crippen molar-refractivity contribution in [1.82, 2.24) is 15.8 Å². The summed E-state index contributed by atoms with van der Waals surface area (Å²) in [5, 5.41) is 3.93. The van der Waals surface area contributed by atoms with E-state index in [1.165, 1.54) is 5.01 Å². The molecule has 0 aromatic heterocycles. The van der Waals surface area contributed by atoms with Crippen molar-refractivity contribution in [3.8, 4) is 0 Å². The Hall–Kier alpha value is -0.950. The average molecular weight is 234 g/mol. The highest BCUT2D eigenvalue weighted by molar-refractivity contribution is 7.98. The van der Waals surface area contributed by atoms with Crippen LogP contribution in [0.2, 0.25) is 0 Å². The molecular formula is C8H18N4O2S. The lowest BCUT2D eigenvalue weighted by Crippen LogP contribution is -2.51. The molecule has 0 bridgehead atoms. The summed E-state index contributed by atoms with van der Waals surface area (Å²) in [4.78, 5) is 22.2. The van der Waals surface area contributed by atoms with E-state index in [0.717, 1.165) is 5.75 Å². The van der Waals surface area contributed by atoms with Gasteiger partial charge in [-0.3, -0.25) is 10.2 Å². The van der Waals surface area contributed by atoms with Gasteiger partial charge in [0.25, 0.3) is 5.91 Å². The van der Waals surface area contributed by atoms with Crippen LogP contribution >= 0.6 is 11.8 Å². The van der Waals surface area contributed by atoms with Gasteiger partial charge in [0, 0.05) is 14.1 Å². The number of nitrogens with two attached hydrogens (primary N) is 1. The number of nitrogens with one attached hydrogen (secondary N) is 2. The van der Waals surface area contributed by atoms with Gasteiger partial charge in [0.2, 0.25) is 0 Å². The van der Waals surface area contributed by atoms with E-state index in [0.29, 0.717) is 6.42 Å². The molecule has 0 aromatic carbocycles. The van der Waals surface area contributed by atoms with E-state index in [4.69, 9.17) is 5.73 Å². The second-order valence-corrected chi connectivity index (χ2v) is 4.20. The van der Waals surface area contributed by atoms with E-state index in [1.807, 2.05) is 6.26 Å². The van der Waals surface area contributed by atoms with Crippen LogP contribution in [0.3, 0.4) is 0 Å². The SMILES string of the molecule is CSCC[C@H](NC(N)=O)C(=O)NN(C)C. The third kappa shape index (κ3) is 7.03. The van der Waals surface area contributed by atoms with E-state index in [-0.39, 0.29) is 5.91 Å². The summed E-state index contributed by atoms with van der Waals surface area (Å²) in [6.45, 7) is 0. The van der Waals surface area contributed by atoms with Crippen LogP contribution in [0.5, 0.6) is 0 Å². The molecule has 0 fully saturated rings. The average Bonchev–Trinajstić information content (AvgIpc) is 2.10. The summed E-state index contributed by atoms with van der Waals surface area (Å²) in [6, 6.07) is -1.26. The molecule has 6 nitrogen and oxygen atoms in total. The Labute approximate surface area is 93.9 Å². The fourth-order valence-corrected chi connectivity index (χ4v) is 1.45. The zero-order chi connectivity index (χ0) is 11.8. The van der Waals surface area contributed by atoms with Crippen LogP contribution in [0, 0.1) is 0 Å². The Bertz CT molecular complexity index is 223. The monoisotopic (exact) mass is 234 g/mol. The fourth-order valence-electron chi connectivity index (χ4n) is 0.975. The van der Waals surface area contributed by atoms with Crippen LogP contribution < -0.4 is 16.5 Å². The third-order valence-electron chi connectivity index (χ3n) is 1.58. The van der Waals surface area contributed by atoms with Crippen LogP contribution in [0.25, 0.3) is 0 Å². The van der Waals surface area contributed by atoms with Gasteiger partial charge in [-0.2, -0.15) is 11.8 Å². The van der Waals surface area contributed by atoms with Crippen molar-refractivity contribution in [1.29, 1.82) is 0 Å². The number of hydrazine groups is 1. The zero-order valence-electron chi connectivity index (χ0n) is 9.24. The highest BCUT2D eigenvalue weighted by Gasteiger charge is 2.19. The van der Waals surface area contributed by atoms with Crippen molar-refractivity contribution in [2.75, 3.05) is 26.1 Å². The smallest absolute Gasteiger partial charge is 0.312 e. The van der Waals surface area contributed by atoms with Gasteiger partial charge in [-0.05, 0) is 18.4 Å². The van der Waals surface area contributed by atoms with Crippen LogP contribution in [0.15, 0.2) is 0 Å². The number of carbonyl (C=O) groups excluding carboxylic acids is 2. The minimum absolute atomic E-state index is 0.257. The second kappa shape index (κ2) is 7.36. The van der Waals surface area contributed by atoms with Gasteiger partial charge in [-0.25, -0.2) is 9.80 Å². The Kier molecular flexibility index (Phi) is 6.89. The van der Waals surface area contributed by atoms with E-state index >= 15 is 0 Å². The molecule has 4 N–H and O–H groups in total. The van der Waals surface area contributed by atoms with Crippen molar-refractivity contribution in [3.63, 3.8) is 0 Å². The largest absolute Gasteiger partial charge is 0.352 e. The number of thioether (sulfide) groups is 1. The first-order valence-corrected chi connectivity index (χ1v) is 5.89. The first kappa shape index (κ1) is 14.1. The predicted molar refractivity (Wildman–Crippen MR) is 61.3 cm³/mol. The van der Waals surface area contributed by atoms with Crippen molar-refractivity contribution in [3.05, 3.63) is 0 Å². The van der Waals surface area contributed by atoms with Crippen LogP contribution in [-0.2, 0) is 4.79 Å². The summed E-state index contributed by atoms with van der Waals surface area (Å²) >= 11 is 1.61. The van der Waals surface area contributed by atoms with E-state index < -0.39 is 12.1 Å². The number of hydrogen-bond acceptors (Lipinski definition) is 4. The maximum Gasteiger partial charge on any atom is 0.312 e. The molecule has 7 heteroatoms. The molecule has 0 aliphatic carbocycles. The van der Waals surface area contributed by atoms with Crippen molar-refractivity contribution in [2.24, 2.45) is 5.73 Å². The van der Waals surface area contributed by atoms with E-state index in [9.17, 15) is 9.59 Å². The summed E-state index contributed by atoms with van der Waals surface area (Å²) in [7, 11) is 3.40. The van der Waals surface area contributed by atoms with Gasteiger partial charge in [0.05, 0.1) is 0 Å². The van der Waals surface area contributed by atoms with Crippen molar-refractivity contribution < 1.29 is 9.59 Å². The quantitative estimate of drug-likeness (QED) is 0.534. The number of carbonyl (C=O) groups is 2. The minimum Gasteiger partial charge on any atom is -0.352 e. The first-order valence-electron chi connectivity index (χ1n) is 4.50. The van der Waals surface area contributed by atoms with Crippen molar-refractivity contribution in [2.45, 2.75) is 12.5 Å². The van der Waals surface area contributed by atoms with Gasteiger partial charge >= 0.3 is 6.03 Å². The minimum atomic E-state index is -0.685. The zero-order valence-corrected chi connectivity index (χ0v) is 10.1. The maximum absolute atomic E-state index is 11.6.